The summed E-state index contributed by atoms with van der Waals surface area (Å²) >= 11 is 0. The summed E-state index contributed by atoms with van der Waals surface area (Å²) in [6.45, 7) is 7.45. The fraction of sp³-hybridized carbons (Fsp3) is 0.467. The van der Waals surface area contributed by atoms with E-state index in [0.29, 0.717) is 6.04 Å². The Bertz CT molecular complexity index is 475. The number of nitrogens with one attached hydrogen (secondary N) is 3. The predicted molar refractivity (Wildman–Crippen MR) is 77.8 cm³/mol. The van der Waals surface area contributed by atoms with Crippen LogP contribution in [0, 0.1) is 0 Å². The molecule has 1 aromatic carbocycles. The van der Waals surface area contributed by atoms with Crippen molar-refractivity contribution in [3.63, 3.8) is 0 Å². The lowest BCUT2D eigenvalue weighted by Crippen LogP contribution is -2.36. The van der Waals surface area contributed by atoms with Crippen molar-refractivity contribution < 1.29 is 0 Å². The molecule has 0 saturated heterocycles. The lowest BCUT2D eigenvalue weighted by molar-refractivity contribution is 0.502. The summed E-state index contributed by atoms with van der Waals surface area (Å²) in [5.74, 6) is 0. The number of aromatic nitrogens is 1. The van der Waals surface area contributed by atoms with Crippen molar-refractivity contribution in [1.29, 1.82) is 0 Å². The van der Waals surface area contributed by atoms with Crippen LogP contribution in [-0.4, -0.2) is 24.1 Å². The Kier molecular flexibility index (Phi) is 4.79. The average Bonchev–Trinajstić information content (AvgIpc) is 2.80. The van der Waals surface area contributed by atoms with Crippen molar-refractivity contribution in [2.45, 2.75) is 32.9 Å². The van der Waals surface area contributed by atoms with E-state index in [0.717, 1.165) is 19.6 Å². The molecule has 0 aliphatic carbocycles. The highest BCUT2D eigenvalue weighted by Crippen LogP contribution is 2.17. The largest absolute Gasteiger partial charge is 0.361 e. The third-order valence-corrected chi connectivity index (χ3v) is 3.19. The van der Waals surface area contributed by atoms with Gasteiger partial charge in [0.2, 0.25) is 0 Å². The summed E-state index contributed by atoms with van der Waals surface area (Å²) in [5.41, 5.74) is 2.55. The van der Waals surface area contributed by atoms with Gasteiger partial charge in [-0.1, -0.05) is 25.1 Å². The first-order valence-electron chi connectivity index (χ1n) is 6.80. The number of hydrogen-bond acceptors (Lipinski definition) is 2. The molecule has 2 rings (SSSR count). The summed E-state index contributed by atoms with van der Waals surface area (Å²) < 4.78 is 0. The number of para-hydroxylation sites is 1. The molecule has 0 saturated carbocycles. The van der Waals surface area contributed by atoms with Gasteiger partial charge in [-0.3, -0.25) is 0 Å². The molecular formula is C15H23N3. The SMILES string of the molecule is CCCNCC(C)NCc1c[nH]c2ccccc12. The van der Waals surface area contributed by atoms with Crippen molar-refractivity contribution in [3.05, 3.63) is 36.0 Å². The summed E-state index contributed by atoms with van der Waals surface area (Å²) in [6.07, 6.45) is 3.29. The van der Waals surface area contributed by atoms with Crippen LogP contribution in [0.2, 0.25) is 0 Å². The Balaban J connectivity index is 1.86. The van der Waals surface area contributed by atoms with E-state index >= 15 is 0 Å². The van der Waals surface area contributed by atoms with E-state index in [4.69, 9.17) is 0 Å². The van der Waals surface area contributed by atoms with Crippen LogP contribution in [-0.2, 0) is 6.54 Å². The monoisotopic (exact) mass is 245 g/mol. The topological polar surface area (TPSA) is 39.8 Å². The highest BCUT2D eigenvalue weighted by atomic mass is 15.0. The maximum Gasteiger partial charge on any atom is 0.0457 e. The quantitative estimate of drug-likeness (QED) is 0.656. The standard InChI is InChI=1S/C15H23N3/c1-3-8-16-9-12(2)17-10-13-11-18-15-7-5-4-6-14(13)15/h4-7,11-12,16-18H,3,8-10H2,1-2H3. The van der Waals surface area contributed by atoms with Crippen LogP contribution < -0.4 is 10.6 Å². The van der Waals surface area contributed by atoms with Gasteiger partial charge in [-0.15, -0.1) is 0 Å². The van der Waals surface area contributed by atoms with Crippen molar-refractivity contribution in [2.75, 3.05) is 13.1 Å². The van der Waals surface area contributed by atoms with Gasteiger partial charge in [-0.25, -0.2) is 0 Å². The summed E-state index contributed by atoms with van der Waals surface area (Å²) in [6, 6.07) is 8.93. The van der Waals surface area contributed by atoms with Crippen LogP contribution in [0.25, 0.3) is 10.9 Å². The molecule has 0 fully saturated rings. The third-order valence-electron chi connectivity index (χ3n) is 3.19. The van der Waals surface area contributed by atoms with Gasteiger partial charge < -0.3 is 15.6 Å². The first kappa shape index (κ1) is 13.1. The molecule has 0 spiro atoms. The third kappa shape index (κ3) is 3.34. The van der Waals surface area contributed by atoms with Crippen LogP contribution in [0.4, 0.5) is 0 Å². The molecule has 18 heavy (non-hydrogen) atoms. The van der Waals surface area contributed by atoms with E-state index in [1.165, 1.54) is 22.9 Å². The molecule has 0 amide bonds. The first-order chi connectivity index (χ1) is 8.81. The van der Waals surface area contributed by atoms with Crippen molar-refractivity contribution in [3.8, 4) is 0 Å². The summed E-state index contributed by atoms with van der Waals surface area (Å²) in [4.78, 5) is 3.31. The molecule has 1 unspecified atom stereocenters. The molecule has 3 N–H and O–H groups in total. The summed E-state index contributed by atoms with van der Waals surface area (Å²) in [5, 5.41) is 8.30. The van der Waals surface area contributed by atoms with Gasteiger partial charge >= 0.3 is 0 Å². The number of aromatic amines is 1. The van der Waals surface area contributed by atoms with E-state index in [1.54, 1.807) is 0 Å². The normalized spacial score (nSPS) is 13.0. The minimum Gasteiger partial charge on any atom is -0.361 e. The van der Waals surface area contributed by atoms with Crippen molar-refractivity contribution >= 4 is 10.9 Å². The average molecular weight is 245 g/mol. The molecular weight excluding hydrogens is 222 g/mol. The zero-order valence-electron chi connectivity index (χ0n) is 11.3. The van der Waals surface area contributed by atoms with E-state index < -0.39 is 0 Å². The molecule has 3 nitrogen and oxygen atoms in total. The Morgan fingerprint density at radius 1 is 1.28 bits per heavy atom. The second-order valence-corrected chi connectivity index (χ2v) is 4.85. The number of H-pyrrole nitrogens is 1. The van der Waals surface area contributed by atoms with Crippen LogP contribution in [0.15, 0.2) is 30.5 Å². The highest BCUT2D eigenvalue weighted by Gasteiger charge is 2.04. The van der Waals surface area contributed by atoms with E-state index in [-0.39, 0.29) is 0 Å². The van der Waals surface area contributed by atoms with Crippen molar-refractivity contribution in [1.82, 2.24) is 15.6 Å². The van der Waals surface area contributed by atoms with Crippen molar-refractivity contribution in [2.24, 2.45) is 0 Å². The van der Waals surface area contributed by atoms with Gasteiger partial charge in [0.1, 0.15) is 0 Å². The lowest BCUT2D eigenvalue weighted by Gasteiger charge is -2.14. The van der Waals surface area contributed by atoms with Crippen LogP contribution in [0.1, 0.15) is 25.8 Å². The van der Waals surface area contributed by atoms with Gasteiger partial charge in [-0.05, 0) is 31.5 Å². The second-order valence-electron chi connectivity index (χ2n) is 4.85. The van der Waals surface area contributed by atoms with Crippen LogP contribution in [0.3, 0.4) is 0 Å². The van der Waals surface area contributed by atoms with Crippen LogP contribution >= 0.6 is 0 Å². The molecule has 1 heterocycles. The molecule has 1 aromatic heterocycles. The Morgan fingerprint density at radius 2 is 2.11 bits per heavy atom. The second kappa shape index (κ2) is 6.57. The molecule has 98 valence electrons. The minimum absolute atomic E-state index is 0.491. The zero-order valence-corrected chi connectivity index (χ0v) is 11.3. The highest BCUT2D eigenvalue weighted by molar-refractivity contribution is 5.82. The predicted octanol–water partition coefficient (Wildman–Crippen LogP) is 2.65. The van der Waals surface area contributed by atoms with Gasteiger partial charge in [0.05, 0.1) is 0 Å². The maximum atomic E-state index is 3.55. The van der Waals surface area contributed by atoms with Gasteiger partial charge in [-0.2, -0.15) is 0 Å². The number of benzene rings is 1. The first-order valence-corrected chi connectivity index (χ1v) is 6.80. The number of fused-ring (bicyclic) bond motifs is 1. The zero-order chi connectivity index (χ0) is 12.8. The van der Waals surface area contributed by atoms with E-state index in [2.05, 4.69) is 59.9 Å². The molecule has 0 bridgehead atoms. The Hall–Kier alpha value is -1.32. The Labute approximate surface area is 109 Å². The van der Waals surface area contributed by atoms with E-state index in [9.17, 15) is 0 Å². The smallest absolute Gasteiger partial charge is 0.0457 e. The lowest BCUT2D eigenvalue weighted by atomic mass is 10.1. The maximum absolute atomic E-state index is 3.55. The minimum atomic E-state index is 0.491. The van der Waals surface area contributed by atoms with Crippen LogP contribution in [0.5, 0.6) is 0 Å². The molecule has 3 heteroatoms. The number of rotatable bonds is 7. The summed E-state index contributed by atoms with van der Waals surface area (Å²) in [7, 11) is 0. The molecule has 0 aliphatic heterocycles. The molecule has 1 atom stereocenters. The fourth-order valence-corrected chi connectivity index (χ4v) is 2.13. The van der Waals surface area contributed by atoms with Gasteiger partial charge in [0.15, 0.2) is 0 Å². The Morgan fingerprint density at radius 3 is 2.94 bits per heavy atom. The molecule has 2 aromatic rings. The molecule has 0 radical (unpaired) electrons. The molecule has 0 aliphatic rings. The van der Waals surface area contributed by atoms with Gasteiger partial charge in [0.25, 0.3) is 0 Å². The number of hydrogen-bond donors (Lipinski definition) is 3. The fourth-order valence-electron chi connectivity index (χ4n) is 2.13. The van der Waals surface area contributed by atoms with Gasteiger partial charge in [0, 0.05) is 36.2 Å². The van der Waals surface area contributed by atoms with E-state index in [1.807, 2.05) is 0 Å².